The van der Waals surface area contributed by atoms with Crippen molar-refractivity contribution in [2.24, 2.45) is 5.92 Å². The lowest BCUT2D eigenvalue weighted by Gasteiger charge is -2.29. The molecule has 1 aliphatic heterocycles. The Balaban J connectivity index is 2.17. The van der Waals surface area contributed by atoms with Crippen LogP contribution in [-0.4, -0.2) is 35.8 Å². The third kappa shape index (κ3) is 4.14. The van der Waals surface area contributed by atoms with Gasteiger partial charge in [0.15, 0.2) is 6.23 Å². The van der Waals surface area contributed by atoms with Gasteiger partial charge in [0.25, 0.3) is 0 Å². The predicted octanol–water partition coefficient (Wildman–Crippen LogP) is 4.29. The van der Waals surface area contributed by atoms with Gasteiger partial charge in [0, 0.05) is 22.0 Å². The number of halogens is 2. The lowest BCUT2D eigenvalue weighted by molar-refractivity contribution is -0.142. The summed E-state index contributed by atoms with van der Waals surface area (Å²) in [7, 11) is 0. The summed E-state index contributed by atoms with van der Waals surface area (Å²) in [6.07, 6.45) is -0.616. The largest absolute Gasteiger partial charge is 0.510 e. The number of ether oxygens (including phenoxy) is 2. The molecule has 132 valence electrons. The number of rotatable bonds is 4. The topological polar surface area (TPSA) is 55.8 Å². The van der Waals surface area contributed by atoms with Gasteiger partial charge in [-0.05, 0) is 38.0 Å². The van der Waals surface area contributed by atoms with E-state index in [9.17, 15) is 9.59 Å². The maximum Gasteiger partial charge on any atom is 0.510 e. The number of benzene rings is 1. The van der Waals surface area contributed by atoms with E-state index >= 15 is 0 Å². The number of nitrogens with zero attached hydrogens (tertiary/aromatic N) is 1. The minimum atomic E-state index is -0.767. The fourth-order valence-corrected chi connectivity index (χ4v) is 3.58. The second kappa shape index (κ2) is 8.08. The van der Waals surface area contributed by atoms with E-state index in [0.29, 0.717) is 15.6 Å². The molecule has 1 heterocycles. The molecular formula is C17H21Cl2NO4. The summed E-state index contributed by atoms with van der Waals surface area (Å²) in [6, 6.07) is 5.07. The van der Waals surface area contributed by atoms with Crippen LogP contribution in [0, 0.1) is 5.92 Å². The molecule has 0 aliphatic carbocycles. The van der Waals surface area contributed by atoms with Gasteiger partial charge in [-0.25, -0.2) is 4.79 Å². The lowest BCUT2D eigenvalue weighted by atomic mass is 10.1. The normalized spacial score (nSPS) is 23.2. The van der Waals surface area contributed by atoms with Crippen molar-refractivity contribution in [3.05, 3.63) is 33.8 Å². The summed E-state index contributed by atoms with van der Waals surface area (Å²) < 4.78 is 10.2. The summed E-state index contributed by atoms with van der Waals surface area (Å²) in [4.78, 5) is 26.0. The van der Waals surface area contributed by atoms with Crippen molar-refractivity contribution in [2.75, 3.05) is 6.61 Å². The van der Waals surface area contributed by atoms with Crippen LogP contribution in [-0.2, 0) is 20.7 Å². The SMILES string of the molecule is CCOC(=O)OC1C(C)CC(C)N1C(=O)Cc1c(Cl)cccc1Cl. The van der Waals surface area contributed by atoms with Crippen molar-refractivity contribution in [2.45, 2.75) is 45.9 Å². The molecule has 7 heteroatoms. The Kier molecular flexibility index (Phi) is 6.35. The number of likely N-dealkylation sites (tertiary alicyclic amines) is 1. The van der Waals surface area contributed by atoms with E-state index in [-0.39, 0.29) is 30.9 Å². The van der Waals surface area contributed by atoms with E-state index < -0.39 is 12.4 Å². The first-order valence-corrected chi connectivity index (χ1v) is 8.68. The van der Waals surface area contributed by atoms with Gasteiger partial charge in [0.05, 0.1) is 13.0 Å². The number of hydrogen-bond acceptors (Lipinski definition) is 4. The third-order valence-corrected chi connectivity index (χ3v) is 4.81. The average Bonchev–Trinajstić information content (AvgIpc) is 2.77. The maximum absolute atomic E-state index is 12.8. The Hall–Kier alpha value is -1.46. The highest BCUT2D eigenvalue weighted by atomic mass is 35.5. The standard InChI is InChI=1S/C17H21Cl2NO4/c1-4-23-17(22)24-16-10(2)8-11(3)20(16)15(21)9-12-13(18)6-5-7-14(12)19/h5-7,10-11,16H,4,8-9H2,1-3H3. The molecule has 0 saturated carbocycles. The molecule has 0 spiro atoms. The molecule has 0 bridgehead atoms. The van der Waals surface area contributed by atoms with Gasteiger partial charge in [-0.15, -0.1) is 0 Å². The van der Waals surface area contributed by atoms with Crippen molar-refractivity contribution < 1.29 is 19.1 Å². The van der Waals surface area contributed by atoms with Crippen LogP contribution < -0.4 is 0 Å². The molecule has 5 nitrogen and oxygen atoms in total. The smallest absolute Gasteiger partial charge is 0.435 e. The van der Waals surface area contributed by atoms with Gasteiger partial charge in [0.1, 0.15) is 0 Å². The van der Waals surface area contributed by atoms with Crippen molar-refractivity contribution in [1.29, 1.82) is 0 Å². The number of carbonyl (C=O) groups is 2. The maximum atomic E-state index is 12.8. The molecule has 3 unspecified atom stereocenters. The summed E-state index contributed by atoms with van der Waals surface area (Å²) in [5.74, 6) is -0.161. The molecule has 1 aliphatic rings. The summed E-state index contributed by atoms with van der Waals surface area (Å²) >= 11 is 12.3. The number of amides is 1. The van der Waals surface area contributed by atoms with E-state index in [1.54, 1.807) is 30.0 Å². The second-order valence-corrected chi connectivity index (χ2v) is 6.75. The van der Waals surface area contributed by atoms with Crippen LogP contribution in [0.15, 0.2) is 18.2 Å². The van der Waals surface area contributed by atoms with Crippen LogP contribution in [0.2, 0.25) is 10.0 Å². The molecule has 0 radical (unpaired) electrons. The quantitative estimate of drug-likeness (QED) is 0.738. The zero-order chi connectivity index (χ0) is 17.9. The zero-order valence-corrected chi connectivity index (χ0v) is 15.4. The van der Waals surface area contributed by atoms with Gasteiger partial charge in [-0.1, -0.05) is 36.2 Å². The zero-order valence-electron chi connectivity index (χ0n) is 13.9. The monoisotopic (exact) mass is 373 g/mol. The van der Waals surface area contributed by atoms with E-state index in [4.69, 9.17) is 32.7 Å². The molecule has 1 aromatic carbocycles. The van der Waals surface area contributed by atoms with Gasteiger partial charge in [-0.2, -0.15) is 0 Å². The van der Waals surface area contributed by atoms with Gasteiger partial charge in [0.2, 0.25) is 5.91 Å². The van der Waals surface area contributed by atoms with Gasteiger partial charge < -0.3 is 14.4 Å². The summed E-state index contributed by atoms with van der Waals surface area (Å²) in [5.41, 5.74) is 0.576. The van der Waals surface area contributed by atoms with Gasteiger partial charge >= 0.3 is 6.16 Å². The first-order chi connectivity index (χ1) is 11.3. The van der Waals surface area contributed by atoms with Crippen LogP contribution in [0.4, 0.5) is 4.79 Å². The molecule has 1 amide bonds. The molecule has 1 fully saturated rings. The predicted molar refractivity (Wildman–Crippen MR) is 92.2 cm³/mol. The number of carbonyl (C=O) groups excluding carboxylic acids is 2. The molecule has 24 heavy (non-hydrogen) atoms. The highest BCUT2D eigenvalue weighted by Crippen LogP contribution is 2.33. The van der Waals surface area contributed by atoms with E-state index in [0.717, 1.165) is 6.42 Å². The van der Waals surface area contributed by atoms with Crippen molar-refractivity contribution >= 4 is 35.3 Å². The fraction of sp³-hybridized carbons (Fsp3) is 0.529. The number of hydrogen-bond donors (Lipinski definition) is 0. The van der Waals surface area contributed by atoms with E-state index in [1.165, 1.54) is 0 Å². The van der Waals surface area contributed by atoms with Crippen LogP contribution in [0.3, 0.4) is 0 Å². The van der Waals surface area contributed by atoms with Crippen LogP contribution in [0.25, 0.3) is 0 Å². The highest BCUT2D eigenvalue weighted by molar-refractivity contribution is 6.36. The van der Waals surface area contributed by atoms with Crippen molar-refractivity contribution in [1.82, 2.24) is 4.90 Å². The molecular weight excluding hydrogens is 353 g/mol. The second-order valence-electron chi connectivity index (χ2n) is 5.93. The van der Waals surface area contributed by atoms with Crippen molar-refractivity contribution in [3.8, 4) is 0 Å². The first-order valence-electron chi connectivity index (χ1n) is 7.92. The molecule has 1 aromatic rings. The first kappa shape index (κ1) is 18.9. The van der Waals surface area contributed by atoms with Crippen LogP contribution >= 0.6 is 23.2 Å². The Morgan fingerprint density at radius 2 is 1.88 bits per heavy atom. The lowest BCUT2D eigenvalue weighted by Crippen LogP contribution is -2.44. The minimum absolute atomic E-state index is 0.0232. The fourth-order valence-electron chi connectivity index (χ4n) is 3.05. The van der Waals surface area contributed by atoms with Gasteiger partial charge in [-0.3, -0.25) is 4.79 Å². The molecule has 0 N–H and O–H groups in total. The average molecular weight is 374 g/mol. The molecule has 0 aromatic heterocycles. The third-order valence-electron chi connectivity index (χ3n) is 4.11. The Labute approximate surface area is 151 Å². The van der Waals surface area contributed by atoms with Crippen LogP contribution in [0.5, 0.6) is 0 Å². The Morgan fingerprint density at radius 1 is 1.25 bits per heavy atom. The van der Waals surface area contributed by atoms with Crippen molar-refractivity contribution in [3.63, 3.8) is 0 Å². The molecule has 2 rings (SSSR count). The summed E-state index contributed by atoms with van der Waals surface area (Å²) in [6.45, 7) is 5.79. The van der Waals surface area contributed by atoms with E-state index in [1.807, 2.05) is 13.8 Å². The Bertz CT molecular complexity index is 602. The summed E-state index contributed by atoms with van der Waals surface area (Å²) in [5, 5.41) is 0.886. The highest BCUT2D eigenvalue weighted by Gasteiger charge is 2.42. The Morgan fingerprint density at radius 3 is 2.46 bits per heavy atom. The molecule has 1 saturated heterocycles. The van der Waals surface area contributed by atoms with Crippen LogP contribution in [0.1, 0.15) is 32.8 Å². The minimum Gasteiger partial charge on any atom is -0.435 e. The van der Waals surface area contributed by atoms with E-state index in [2.05, 4.69) is 0 Å². The molecule has 3 atom stereocenters.